The number of carbonyl (C=O) groups excluding carboxylic acids is 3. The van der Waals surface area contributed by atoms with Crippen LogP contribution in [0.3, 0.4) is 0 Å². The molecule has 1 aliphatic heterocycles. The number of amides is 2. The van der Waals surface area contributed by atoms with Gasteiger partial charge < -0.3 is 24.8 Å². The molecule has 32 heavy (non-hydrogen) atoms. The van der Waals surface area contributed by atoms with Gasteiger partial charge in [0.25, 0.3) is 0 Å². The average molecular weight is 463 g/mol. The summed E-state index contributed by atoms with van der Waals surface area (Å²) in [6.45, 7) is 0.863. The third-order valence-corrected chi connectivity index (χ3v) is 4.63. The van der Waals surface area contributed by atoms with Crippen LogP contribution in [0.25, 0.3) is 0 Å². The van der Waals surface area contributed by atoms with Crippen molar-refractivity contribution in [1.82, 2.24) is 10.6 Å². The molecular formula is C22H20ClFN2O6. The summed E-state index contributed by atoms with van der Waals surface area (Å²) in [6.07, 6.45) is 0. The summed E-state index contributed by atoms with van der Waals surface area (Å²) in [5, 5.41) is 5.64. The van der Waals surface area contributed by atoms with Gasteiger partial charge in [0.15, 0.2) is 6.61 Å². The number of urea groups is 1. The molecule has 0 spiro atoms. The Morgan fingerprint density at radius 2 is 1.88 bits per heavy atom. The lowest BCUT2D eigenvalue weighted by Crippen LogP contribution is -2.47. The van der Waals surface area contributed by atoms with Gasteiger partial charge in [-0.15, -0.1) is 0 Å². The predicted molar refractivity (Wildman–Crippen MR) is 112 cm³/mol. The van der Waals surface area contributed by atoms with Gasteiger partial charge in [-0.3, -0.25) is 0 Å². The van der Waals surface area contributed by atoms with E-state index in [2.05, 4.69) is 10.6 Å². The number of hydrogen-bond donors (Lipinski definition) is 2. The quantitative estimate of drug-likeness (QED) is 0.584. The molecule has 0 aromatic heterocycles. The van der Waals surface area contributed by atoms with Crippen molar-refractivity contribution in [2.45, 2.75) is 13.0 Å². The fraction of sp³-hybridized carbons (Fsp3) is 0.227. The molecule has 10 heteroatoms. The molecule has 0 bridgehead atoms. The molecule has 0 fully saturated rings. The van der Waals surface area contributed by atoms with Crippen molar-refractivity contribution in [3.05, 3.63) is 76.2 Å². The Bertz CT molecular complexity index is 1040. The molecule has 0 aliphatic carbocycles. The van der Waals surface area contributed by atoms with E-state index >= 15 is 0 Å². The lowest BCUT2D eigenvalue weighted by molar-refractivity contribution is -0.145. The van der Waals surface area contributed by atoms with Gasteiger partial charge in [0.1, 0.15) is 18.2 Å². The lowest BCUT2D eigenvalue weighted by Gasteiger charge is -2.29. The molecule has 2 aromatic carbocycles. The Morgan fingerprint density at radius 1 is 1.12 bits per heavy atom. The molecule has 1 aliphatic rings. The first-order valence-corrected chi connectivity index (χ1v) is 10.0. The van der Waals surface area contributed by atoms with Gasteiger partial charge >= 0.3 is 18.0 Å². The summed E-state index contributed by atoms with van der Waals surface area (Å²) >= 11 is 5.93. The minimum absolute atomic E-state index is 0.0752. The number of nitrogens with one attached hydrogen (secondary N) is 2. The molecule has 8 nitrogen and oxygen atoms in total. The summed E-state index contributed by atoms with van der Waals surface area (Å²) in [5.41, 5.74) is 0.754. The predicted octanol–water partition coefficient (Wildman–Crippen LogP) is 3.27. The van der Waals surface area contributed by atoms with Gasteiger partial charge in [-0.2, -0.15) is 0 Å². The van der Waals surface area contributed by atoms with Crippen LogP contribution in [-0.4, -0.2) is 37.8 Å². The normalized spacial score (nSPS) is 15.5. The summed E-state index contributed by atoms with van der Waals surface area (Å²) in [5.74, 6) is -1.81. The maximum atomic E-state index is 13.2. The molecule has 168 valence electrons. The number of hydrogen-bond acceptors (Lipinski definition) is 6. The first-order chi connectivity index (χ1) is 15.4. The van der Waals surface area contributed by atoms with Crippen molar-refractivity contribution in [3.8, 4) is 5.75 Å². The van der Waals surface area contributed by atoms with Crippen molar-refractivity contribution < 1.29 is 33.0 Å². The Hall–Kier alpha value is -3.59. The van der Waals surface area contributed by atoms with E-state index in [0.717, 1.165) is 6.07 Å². The zero-order valence-electron chi connectivity index (χ0n) is 17.0. The molecular weight excluding hydrogens is 443 g/mol. The van der Waals surface area contributed by atoms with Crippen LogP contribution < -0.4 is 15.4 Å². The number of benzene rings is 2. The van der Waals surface area contributed by atoms with Gasteiger partial charge in [0, 0.05) is 11.1 Å². The molecule has 1 unspecified atom stereocenters. The van der Waals surface area contributed by atoms with Crippen LogP contribution in [0.5, 0.6) is 5.75 Å². The van der Waals surface area contributed by atoms with Crippen molar-refractivity contribution in [2.24, 2.45) is 0 Å². The van der Waals surface area contributed by atoms with Crippen LogP contribution in [0, 0.1) is 5.82 Å². The fourth-order valence-electron chi connectivity index (χ4n) is 2.98. The number of halogens is 2. The third kappa shape index (κ3) is 5.98. The average Bonchev–Trinajstić information content (AvgIpc) is 2.76. The molecule has 0 saturated carbocycles. The Kier molecular flexibility index (Phi) is 7.67. The van der Waals surface area contributed by atoms with E-state index in [-0.39, 0.29) is 23.6 Å². The van der Waals surface area contributed by atoms with E-state index in [1.807, 2.05) is 0 Å². The number of esters is 2. The molecule has 0 saturated heterocycles. The van der Waals surface area contributed by atoms with Crippen LogP contribution in [0.1, 0.15) is 18.5 Å². The molecule has 3 rings (SSSR count). The lowest BCUT2D eigenvalue weighted by atomic mass is 9.95. The molecule has 2 aromatic rings. The zero-order valence-corrected chi connectivity index (χ0v) is 17.8. The summed E-state index contributed by atoms with van der Waals surface area (Å²) in [7, 11) is 0. The standard InChI is InChI=1S/C22H20ClFN2O6/c1-2-30-21(28)19-17(11-32-18(27)12-31-16-5-3-4-15(24)10-16)25-22(29)26-20(19)13-6-8-14(23)9-7-13/h3-10,20H,2,11-12H2,1H3,(H2,25,26,29). The Morgan fingerprint density at radius 3 is 2.56 bits per heavy atom. The van der Waals surface area contributed by atoms with Gasteiger partial charge in [0.2, 0.25) is 0 Å². The van der Waals surface area contributed by atoms with Crippen molar-refractivity contribution >= 4 is 29.6 Å². The van der Waals surface area contributed by atoms with Crippen molar-refractivity contribution in [1.29, 1.82) is 0 Å². The number of carbonyl (C=O) groups is 3. The Balaban J connectivity index is 1.77. The van der Waals surface area contributed by atoms with Gasteiger partial charge in [-0.1, -0.05) is 29.8 Å². The topological polar surface area (TPSA) is 103 Å². The van der Waals surface area contributed by atoms with E-state index in [0.29, 0.717) is 10.6 Å². The SMILES string of the molecule is CCOC(=O)C1=C(COC(=O)COc2cccc(F)c2)NC(=O)NC1c1ccc(Cl)cc1. The van der Waals surface area contributed by atoms with Crippen molar-refractivity contribution in [3.63, 3.8) is 0 Å². The highest BCUT2D eigenvalue weighted by Crippen LogP contribution is 2.28. The zero-order chi connectivity index (χ0) is 23.1. The van der Waals surface area contributed by atoms with Gasteiger partial charge in [-0.25, -0.2) is 18.8 Å². The second kappa shape index (κ2) is 10.6. The highest BCUT2D eigenvalue weighted by molar-refractivity contribution is 6.30. The molecule has 2 N–H and O–H groups in total. The Labute approximate surface area is 188 Å². The summed E-state index contributed by atoms with van der Waals surface area (Å²) in [4.78, 5) is 37.0. The summed E-state index contributed by atoms with van der Waals surface area (Å²) < 4.78 is 28.7. The molecule has 0 radical (unpaired) electrons. The van der Waals surface area contributed by atoms with Crippen LogP contribution >= 0.6 is 11.6 Å². The maximum absolute atomic E-state index is 13.2. The second-order valence-electron chi connectivity index (χ2n) is 6.60. The van der Waals surface area contributed by atoms with Gasteiger partial charge in [-0.05, 0) is 36.8 Å². The van der Waals surface area contributed by atoms with E-state index < -0.39 is 43.0 Å². The van der Waals surface area contributed by atoms with E-state index in [4.69, 9.17) is 25.8 Å². The van der Waals surface area contributed by atoms with Crippen LogP contribution in [0.2, 0.25) is 5.02 Å². The first kappa shape index (κ1) is 23.1. The number of rotatable bonds is 8. The second-order valence-corrected chi connectivity index (χ2v) is 7.04. The monoisotopic (exact) mass is 462 g/mol. The molecule has 1 heterocycles. The molecule has 1 atom stereocenters. The fourth-order valence-corrected chi connectivity index (χ4v) is 3.11. The van der Waals surface area contributed by atoms with E-state index in [1.54, 1.807) is 31.2 Å². The van der Waals surface area contributed by atoms with E-state index in [9.17, 15) is 18.8 Å². The maximum Gasteiger partial charge on any atom is 0.344 e. The first-order valence-electron chi connectivity index (χ1n) is 9.64. The molecule has 2 amide bonds. The highest BCUT2D eigenvalue weighted by atomic mass is 35.5. The largest absolute Gasteiger partial charge is 0.482 e. The smallest absolute Gasteiger partial charge is 0.344 e. The van der Waals surface area contributed by atoms with Crippen LogP contribution in [0.15, 0.2) is 59.8 Å². The minimum atomic E-state index is -0.836. The number of ether oxygens (including phenoxy) is 3. The summed E-state index contributed by atoms with van der Waals surface area (Å²) in [6, 6.07) is 10.4. The van der Waals surface area contributed by atoms with Crippen LogP contribution in [-0.2, 0) is 19.1 Å². The third-order valence-electron chi connectivity index (χ3n) is 4.38. The van der Waals surface area contributed by atoms with Crippen LogP contribution in [0.4, 0.5) is 9.18 Å². The van der Waals surface area contributed by atoms with E-state index in [1.165, 1.54) is 18.2 Å². The van der Waals surface area contributed by atoms with Gasteiger partial charge in [0.05, 0.1) is 23.9 Å². The highest BCUT2D eigenvalue weighted by Gasteiger charge is 2.34. The minimum Gasteiger partial charge on any atom is -0.482 e. The van der Waals surface area contributed by atoms with Crippen molar-refractivity contribution in [2.75, 3.05) is 19.8 Å².